The molecule has 1 aromatic heterocycles. The number of rotatable bonds is 6. The maximum atomic E-state index is 12.1. The molecule has 1 aromatic carbocycles. The van der Waals surface area contributed by atoms with Crippen molar-refractivity contribution in [2.75, 3.05) is 17.2 Å². The van der Waals surface area contributed by atoms with Crippen LogP contribution in [0.25, 0.3) is 0 Å². The van der Waals surface area contributed by atoms with Crippen LogP contribution in [-0.4, -0.2) is 29.9 Å². The Bertz CT molecular complexity index is 713. The number of carbonyl (C=O) groups excluding carboxylic acids is 2. The van der Waals surface area contributed by atoms with Gasteiger partial charge in [0.1, 0.15) is 11.5 Å². The van der Waals surface area contributed by atoms with Gasteiger partial charge < -0.3 is 19.3 Å². The van der Waals surface area contributed by atoms with Crippen molar-refractivity contribution in [3.8, 4) is 5.75 Å². The van der Waals surface area contributed by atoms with Gasteiger partial charge in [-0.05, 0) is 32.9 Å². The summed E-state index contributed by atoms with van der Waals surface area (Å²) >= 11 is 0. The Kier molecular flexibility index (Phi) is 5.78. The van der Waals surface area contributed by atoms with Crippen molar-refractivity contribution in [2.45, 2.75) is 26.9 Å². The molecular formula is C16H19N3O5. The standard InChI is InChI=1S/C16H19N3O5/c1-4-22-16(21)17-12-6-5-7-13(9-12)23-11(3)15(20)18-14-8-10(2)24-19-14/h5-9,11H,4H2,1-3H3,(H,17,21)(H,18,19,20)/t11-/m0/s1. The molecule has 0 bridgehead atoms. The summed E-state index contributed by atoms with van der Waals surface area (Å²) in [6.45, 7) is 5.33. The third kappa shape index (κ3) is 5.01. The minimum atomic E-state index is -0.764. The summed E-state index contributed by atoms with van der Waals surface area (Å²) in [7, 11) is 0. The summed E-state index contributed by atoms with van der Waals surface area (Å²) in [6.07, 6.45) is -1.32. The molecule has 0 spiro atoms. The topological polar surface area (TPSA) is 103 Å². The SMILES string of the molecule is CCOC(=O)Nc1cccc(O[C@@H](C)C(=O)Nc2cc(C)on2)c1. The molecule has 128 valence electrons. The number of nitrogens with one attached hydrogen (secondary N) is 2. The van der Waals surface area contributed by atoms with Crippen molar-refractivity contribution in [1.82, 2.24) is 5.16 Å². The molecule has 0 radical (unpaired) electrons. The molecule has 0 fully saturated rings. The van der Waals surface area contributed by atoms with E-state index >= 15 is 0 Å². The van der Waals surface area contributed by atoms with Crippen LogP contribution in [0.15, 0.2) is 34.9 Å². The summed E-state index contributed by atoms with van der Waals surface area (Å²) < 4.78 is 15.3. The number of aryl methyl sites for hydroxylation is 1. The Morgan fingerprint density at radius 3 is 2.75 bits per heavy atom. The lowest BCUT2D eigenvalue weighted by Gasteiger charge is -2.14. The molecule has 0 saturated heterocycles. The van der Waals surface area contributed by atoms with E-state index in [1.165, 1.54) is 0 Å². The summed E-state index contributed by atoms with van der Waals surface area (Å²) in [6, 6.07) is 8.27. The Balaban J connectivity index is 1.94. The third-order valence-corrected chi connectivity index (χ3v) is 2.92. The van der Waals surface area contributed by atoms with E-state index in [0.29, 0.717) is 23.0 Å². The fraction of sp³-hybridized carbons (Fsp3) is 0.312. The molecule has 2 N–H and O–H groups in total. The molecule has 0 aliphatic carbocycles. The maximum absolute atomic E-state index is 12.1. The number of amides is 2. The fourth-order valence-corrected chi connectivity index (χ4v) is 1.84. The first kappa shape index (κ1) is 17.3. The highest BCUT2D eigenvalue weighted by atomic mass is 16.5. The smallest absolute Gasteiger partial charge is 0.411 e. The van der Waals surface area contributed by atoms with Gasteiger partial charge in [-0.3, -0.25) is 10.1 Å². The predicted octanol–water partition coefficient (Wildman–Crippen LogP) is 2.96. The van der Waals surface area contributed by atoms with E-state index in [2.05, 4.69) is 15.8 Å². The molecule has 2 rings (SSSR count). The van der Waals surface area contributed by atoms with Gasteiger partial charge >= 0.3 is 6.09 Å². The zero-order valence-electron chi connectivity index (χ0n) is 13.7. The van der Waals surface area contributed by atoms with Gasteiger partial charge in [-0.1, -0.05) is 11.2 Å². The van der Waals surface area contributed by atoms with Crippen molar-refractivity contribution < 1.29 is 23.6 Å². The van der Waals surface area contributed by atoms with Crippen LogP contribution in [-0.2, 0) is 9.53 Å². The Morgan fingerprint density at radius 1 is 1.29 bits per heavy atom. The van der Waals surface area contributed by atoms with Crippen LogP contribution >= 0.6 is 0 Å². The molecule has 0 unspecified atom stereocenters. The minimum absolute atomic E-state index is 0.279. The summed E-state index contributed by atoms with van der Waals surface area (Å²) in [5.41, 5.74) is 0.505. The Hall–Kier alpha value is -3.03. The summed E-state index contributed by atoms with van der Waals surface area (Å²) in [4.78, 5) is 23.5. The van der Waals surface area contributed by atoms with Gasteiger partial charge in [0, 0.05) is 17.8 Å². The molecule has 0 saturated carbocycles. The average molecular weight is 333 g/mol. The molecule has 1 heterocycles. The first-order valence-electron chi connectivity index (χ1n) is 7.42. The van der Waals surface area contributed by atoms with Crippen LogP contribution in [0.5, 0.6) is 5.75 Å². The number of benzene rings is 1. The lowest BCUT2D eigenvalue weighted by atomic mass is 10.3. The zero-order valence-corrected chi connectivity index (χ0v) is 13.7. The van der Waals surface area contributed by atoms with Gasteiger partial charge in [-0.2, -0.15) is 0 Å². The molecule has 2 aromatic rings. The van der Waals surface area contributed by atoms with Crippen molar-refractivity contribution >= 4 is 23.5 Å². The number of nitrogens with zero attached hydrogens (tertiary/aromatic N) is 1. The third-order valence-electron chi connectivity index (χ3n) is 2.92. The minimum Gasteiger partial charge on any atom is -0.481 e. The quantitative estimate of drug-likeness (QED) is 0.842. The summed E-state index contributed by atoms with van der Waals surface area (Å²) in [5.74, 6) is 0.984. The van der Waals surface area contributed by atoms with Crippen LogP contribution in [0.3, 0.4) is 0 Å². The van der Waals surface area contributed by atoms with Crippen LogP contribution in [0.1, 0.15) is 19.6 Å². The van der Waals surface area contributed by atoms with Crippen LogP contribution in [0.2, 0.25) is 0 Å². The molecule has 8 nitrogen and oxygen atoms in total. The number of hydrogen-bond acceptors (Lipinski definition) is 6. The lowest BCUT2D eigenvalue weighted by Crippen LogP contribution is -2.30. The molecular weight excluding hydrogens is 314 g/mol. The van der Waals surface area contributed by atoms with Crippen molar-refractivity contribution in [3.05, 3.63) is 36.1 Å². The van der Waals surface area contributed by atoms with E-state index in [1.807, 2.05) is 0 Å². The van der Waals surface area contributed by atoms with Crippen molar-refractivity contribution in [1.29, 1.82) is 0 Å². The number of carbonyl (C=O) groups is 2. The first-order chi connectivity index (χ1) is 11.5. The van der Waals surface area contributed by atoms with E-state index in [4.69, 9.17) is 14.0 Å². The zero-order chi connectivity index (χ0) is 17.5. The van der Waals surface area contributed by atoms with Gasteiger partial charge in [0.15, 0.2) is 11.9 Å². The first-order valence-corrected chi connectivity index (χ1v) is 7.42. The van der Waals surface area contributed by atoms with E-state index in [1.54, 1.807) is 51.1 Å². The van der Waals surface area contributed by atoms with Gasteiger partial charge in [0.2, 0.25) is 0 Å². The van der Waals surface area contributed by atoms with E-state index in [9.17, 15) is 9.59 Å². The Labute approximate surface area is 139 Å². The number of anilines is 2. The van der Waals surface area contributed by atoms with Crippen LogP contribution < -0.4 is 15.4 Å². The van der Waals surface area contributed by atoms with Gasteiger partial charge in [0.25, 0.3) is 5.91 Å². The van der Waals surface area contributed by atoms with E-state index in [-0.39, 0.29) is 12.5 Å². The highest BCUT2D eigenvalue weighted by Crippen LogP contribution is 2.19. The highest BCUT2D eigenvalue weighted by molar-refractivity contribution is 5.93. The van der Waals surface area contributed by atoms with Gasteiger partial charge in [0.05, 0.1) is 6.61 Å². The average Bonchev–Trinajstić information content (AvgIpc) is 2.92. The Morgan fingerprint density at radius 2 is 2.08 bits per heavy atom. The molecule has 2 amide bonds. The second-order valence-electron chi connectivity index (χ2n) is 4.95. The largest absolute Gasteiger partial charge is 0.481 e. The molecule has 8 heteroatoms. The highest BCUT2D eigenvalue weighted by Gasteiger charge is 2.16. The van der Waals surface area contributed by atoms with E-state index in [0.717, 1.165) is 0 Å². The van der Waals surface area contributed by atoms with Gasteiger partial charge in [-0.25, -0.2) is 4.79 Å². The number of aromatic nitrogens is 1. The van der Waals surface area contributed by atoms with Crippen LogP contribution in [0.4, 0.5) is 16.3 Å². The van der Waals surface area contributed by atoms with Gasteiger partial charge in [-0.15, -0.1) is 0 Å². The summed E-state index contributed by atoms with van der Waals surface area (Å²) in [5, 5.41) is 8.84. The molecule has 24 heavy (non-hydrogen) atoms. The van der Waals surface area contributed by atoms with Crippen molar-refractivity contribution in [3.63, 3.8) is 0 Å². The molecule has 1 atom stereocenters. The van der Waals surface area contributed by atoms with E-state index < -0.39 is 12.2 Å². The predicted molar refractivity (Wildman–Crippen MR) is 87.0 cm³/mol. The number of ether oxygens (including phenoxy) is 2. The fourth-order valence-electron chi connectivity index (χ4n) is 1.84. The van der Waals surface area contributed by atoms with Crippen molar-refractivity contribution in [2.24, 2.45) is 0 Å². The number of hydrogen-bond donors (Lipinski definition) is 2. The monoisotopic (exact) mass is 333 g/mol. The van der Waals surface area contributed by atoms with Crippen LogP contribution in [0, 0.1) is 6.92 Å². The second-order valence-corrected chi connectivity index (χ2v) is 4.95. The maximum Gasteiger partial charge on any atom is 0.411 e. The lowest BCUT2D eigenvalue weighted by molar-refractivity contribution is -0.122. The second kappa shape index (κ2) is 8.00. The molecule has 0 aliphatic heterocycles. The molecule has 0 aliphatic rings. The normalized spacial score (nSPS) is 11.5.